The van der Waals surface area contributed by atoms with Crippen LogP contribution in [0.5, 0.6) is 11.5 Å². The second kappa shape index (κ2) is 6.56. The van der Waals surface area contributed by atoms with E-state index in [1.165, 1.54) is 5.56 Å². The summed E-state index contributed by atoms with van der Waals surface area (Å²) in [6.07, 6.45) is 6.19. The lowest BCUT2D eigenvalue weighted by molar-refractivity contribution is 0.354. The third-order valence-electron chi connectivity index (χ3n) is 3.65. The Morgan fingerprint density at radius 1 is 1.17 bits per heavy atom. The summed E-state index contributed by atoms with van der Waals surface area (Å²) in [5.41, 5.74) is 1.92. The van der Waals surface area contributed by atoms with Crippen LogP contribution < -0.4 is 9.47 Å². The van der Waals surface area contributed by atoms with Gasteiger partial charge >= 0.3 is 0 Å². The summed E-state index contributed by atoms with van der Waals surface area (Å²) in [5.74, 6) is 2.91. The minimum absolute atomic E-state index is 0.634. The van der Waals surface area contributed by atoms with Gasteiger partial charge in [0.25, 0.3) is 0 Å². The van der Waals surface area contributed by atoms with Crippen LogP contribution in [0.4, 0.5) is 0 Å². The van der Waals surface area contributed by atoms with Crippen molar-refractivity contribution in [1.82, 2.24) is 14.5 Å². The van der Waals surface area contributed by atoms with Crippen LogP contribution in [0.1, 0.15) is 11.5 Å². The predicted molar refractivity (Wildman–Crippen MR) is 85.7 cm³/mol. The molecule has 3 rings (SSSR count). The Balaban J connectivity index is 1.76. The number of aromatic nitrogens is 3. The Bertz CT molecular complexity index is 792. The van der Waals surface area contributed by atoms with Gasteiger partial charge in [-0.15, -0.1) is 0 Å². The van der Waals surface area contributed by atoms with Crippen molar-refractivity contribution in [2.75, 3.05) is 14.2 Å². The van der Waals surface area contributed by atoms with Gasteiger partial charge in [-0.1, -0.05) is 6.07 Å². The molecule has 0 aliphatic heterocycles. The average molecular weight is 313 g/mol. The highest BCUT2D eigenvalue weighted by Gasteiger charge is 2.11. The molecular weight excluding hydrogens is 294 g/mol. The Morgan fingerprint density at radius 2 is 2.00 bits per heavy atom. The lowest BCUT2D eigenvalue weighted by Crippen LogP contribution is -2.03. The van der Waals surface area contributed by atoms with E-state index in [1.807, 2.05) is 31.3 Å². The number of hydrogen-bond acceptors (Lipinski definition) is 5. The third-order valence-corrected chi connectivity index (χ3v) is 3.65. The molecule has 0 unspecified atom stereocenters. The molecule has 0 radical (unpaired) electrons. The van der Waals surface area contributed by atoms with E-state index < -0.39 is 0 Å². The predicted octanol–water partition coefficient (Wildman–Crippen LogP) is 3.11. The fourth-order valence-corrected chi connectivity index (χ4v) is 2.47. The molecule has 1 aromatic carbocycles. The number of nitrogens with zero attached hydrogens (tertiary/aromatic N) is 3. The molecule has 0 fully saturated rings. The zero-order valence-electron chi connectivity index (χ0n) is 13.4. The van der Waals surface area contributed by atoms with Gasteiger partial charge in [-0.2, -0.15) is 0 Å². The highest BCUT2D eigenvalue weighted by molar-refractivity contribution is 5.48. The third kappa shape index (κ3) is 3.21. The quantitative estimate of drug-likeness (QED) is 0.700. The molecule has 6 nitrogen and oxygen atoms in total. The van der Waals surface area contributed by atoms with Gasteiger partial charge in [0.05, 0.1) is 14.2 Å². The highest BCUT2D eigenvalue weighted by atomic mass is 16.5. The molecule has 2 heterocycles. The van der Waals surface area contributed by atoms with E-state index in [0.29, 0.717) is 5.89 Å². The van der Waals surface area contributed by atoms with Crippen LogP contribution in [-0.4, -0.2) is 28.8 Å². The zero-order valence-corrected chi connectivity index (χ0v) is 13.4. The summed E-state index contributed by atoms with van der Waals surface area (Å²) >= 11 is 0. The minimum Gasteiger partial charge on any atom is -0.493 e. The van der Waals surface area contributed by atoms with Crippen LogP contribution in [0.2, 0.25) is 0 Å². The van der Waals surface area contributed by atoms with Gasteiger partial charge in [0.15, 0.2) is 23.2 Å². The number of aryl methyl sites for hydroxylation is 3. The van der Waals surface area contributed by atoms with Crippen LogP contribution in [0.15, 0.2) is 41.3 Å². The Hall–Kier alpha value is -2.76. The van der Waals surface area contributed by atoms with E-state index in [9.17, 15) is 0 Å². The molecule has 3 aromatic rings. The smallest absolute Gasteiger partial charge is 0.191 e. The molecule has 0 bridgehead atoms. The Labute approximate surface area is 134 Å². The second-order valence-electron chi connectivity index (χ2n) is 5.14. The average Bonchev–Trinajstić information content (AvgIpc) is 3.20. The lowest BCUT2D eigenvalue weighted by Gasteiger charge is -2.10. The number of methoxy groups -OCH3 is 2. The molecule has 0 aliphatic carbocycles. The lowest BCUT2D eigenvalue weighted by atomic mass is 10.1. The number of hydrogen-bond donors (Lipinski definition) is 0. The maximum absolute atomic E-state index is 5.34. The summed E-state index contributed by atoms with van der Waals surface area (Å²) in [5, 5.41) is 0. The molecule has 0 spiro atoms. The first-order valence-corrected chi connectivity index (χ1v) is 7.36. The summed E-state index contributed by atoms with van der Waals surface area (Å²) in [6.45, 7) is 2.61. The van der Waals surface area contributed by atoms with Gasteiger partial charge in [-0.25, -0.2) is 9.97 Å². The van der Waals surface area contributed by atoms with Gasteiger partial charge in [-0.3, -0.25) is 0 Å². The summed E-state index contributed by atoms with van der Waals surface area (Å²) in [7, 11) is 3.28. The van der Waals surface area contributed by atoms with Crippen molar-refractivity contribution in [1.29, 1.82) is 0 Å². The maximum atomic E-state index is 5.34. The van der Waals surface area contributed by atoms with Crippen LogP contribution in [0, 0.1) is 6.92 Å². The molecule has 120 valence electrons. The standard InChI is InChI=1S/C17H19N3O3/c1-12-19-14(11-23-12)17-18-7-9-20(17)8-6-13-4-5-15(21-2)16(10-13)22-3/h4-5,7,9-11H,6,8H2,1-3H3. The molecule has 23 heavy (non-hydrogen) atoms. The molecule has 0 saturated heterocycles. The first-order chi connectivity index (χ1) is 11.2. The molecule has 0 N–H and O–H groups in total. The SMILES string of the molecule is COc1ccc(CCn2ccnc2-c2coc(C)n2)cc1OC. The summed E-state index contributed by atoms with van der Waals surface area (Å²) in [4.78, 5) is 8.70. The second-order valence-corrected chi connectivity index (χ2v) is 5.14. The van der Waals surface area contributed by atoms with E-state index in [1.54, 1.807) is 26.7 Å². The zero-order chi connectivity index (χ0) is 16.2. The van der Waals surface area contributed by atoms with Crippen molar-refractivity contribution < 1.29 is 13.9 Å². The van der Waals surface area contributed by atoms with Gasteiger partial charge in [0, 0.05) is 25.9 Å². The largest absolute Gasteiger partial charge is 0.493 e. The normalized spacial score (nSPS) is 10.7. The van der Waals surface area contributed by atoms with E-state index in [-0.39, 0.29) is 0 Å². The number of oxazole rings is 1. The van der Waals surface area contributed by atoms with Crippen molar-refractivity contribution in [2.45, 2.75) is 19.9 Å². The molecule has 6 heteroatoms. The van der Waals surface area contributed by atoms with E-state index >= 15 is 0 Å². The van der Waals surface area contributed by atoms with Crippen molar-refractivity contribution in [2.24, 2.45) is 0 Å². The van der Waals surface area contributed by atoms with E-state index in [0.717, 1.165) is 36.0 Å². The molecule has 0 amide bonds. The Kier molecular flexibility index (Phi) is 4.32. The molecule has 0 atom stereocenters. The molecule has 0 saturated carbocycles. The van der Waals surface area contributed by atoms with Crippen molar-refractivity contribution in [3.63, 3.8) is 0 Å². The van der Waals surface area contributed by atoms with Crippen LogP contribution >= 0.6 is 0 Å². The fraction of sp³-hybridized carbons (Fsp3) is 0.294. The number of ether oxygens (including phenoxy) is 2. The molecular formula is C17H19N3O3. The first-order valence-electron chi connectivity index (χ1n) is 7.36. The maximum Gasteiger partial charge on any atom is 0.191 e. The number of imidazole rings is 1. The van der Waals surface area contributed by atoms with Gasteiger partial charge in [0.2, 0.25) is 0 Å². The summed E-state index contributed by atoms with van der Waals surface area (Å²) < 4.78 is 17.9. The minimum atomic E-state index is 0.634. The summed E-state index contributed by atoms with van der Waals surface area (Å²) in [6, 6.07) is 5.96. The first kappa shape index (κ1) is 15.1. The topological polar surface area (TPSA) is 62.3 Å². The fourth-order valence-electron chi connectivity index (χ4n) is 2.47. The number of rotatable bonds is 6. The van der Waals surface area contributed by atoms with Crippen molar-refractivity contribution in [3.8, 4) is 23.0 Å². The van der Waals surface area contributed by atoms with Crippen LogP contribution in [0.3, 0.4) is 0 Å². The molecule has 2 aromatic heterocycles. The number of benzene rings is 1. The van der Waals surface area contributed by atoms with Crippen LogP contribution in [-0.2, 0) is 13.0 Å². The van der Waals surface area contributed by atoms with Crippen molar-refractivity contribution in [3.05, 3.63) is 48.3 Å². The highest BCUT2D eigenvalue weighted by Crippen LogP contribution is 2.28. The van der Waals surface area contributed by atoms with E-state index in [4.69, 9.17) is 13.9 Å². The molecule has 0 aliphatic rings. The van der Waals surface area contributed by atoms with Gasteiger partial charge < -0.3 is 18.5 Å². The van der Waals surface area contributed by atoms with Crippen LogP contribution in [0.25, 0.3) is 11.5 Å². The monoisotopic (exact) mass is 313 g/mol. The van der Waals surface area contributed by atoms with Gasteiger partial charge in [-0.05, 0) is 24.1 Å². The van der Waals surface area contributed by atoms with E-state index in [2.05, 4.69) is 14.5 Å². The van der Waals surface area contributed by atoms with Gasteiger partial charge in [0.1, 0.15) is 12.0 Å². The van der Waals surface area contributed by atoms with Crippen molar-refractivity contribution >= 4 is 0 Å². The Morgan fingerprint density at radius 3 is 2.70 bits per heavy atom.